The van der Waals surface area contributed by atoms with E-state index in [-0.39, 0.29) is 6.42 Å². The second kappa shape index (κ2) is 7.79. The van der Waals surface area contributed by atoms with Crippen LogP contribution in [0.2, 0.25) is 0 Å². The first-order valence-electron chi connectivity index (χ1n) is 7.67. The van der Waals surface area contributed by atoms with Crippen molar-refractivity contribution in [1.82, 2.24) is 9.80 Å². The lowest BCUT2D eigenvalue weighted by Crippen LogP contribution is -2.31. The zero-order valence-electron chi connectivity index (χ0n) is 12.9. The Morgan fingerprint density at radius 3 is 2.26 bits per heavy atom. The van der Waals surface area contributed by atoms with Crippen molar-refractivity contribution < 1.29 is 23.1 Å². The SMILES string of the molecule is O=C(O)CCN1CCCN(Cc2ccc(C(F)(F)F)cc2)CC1. The lowest BCUT2D eigenvalue weighted by Gasteiger charge is -2.21. The maximum atomic E-state index is 12.5. The Morgan fingerprint density at radius 2 is 1.65 bits per heavy atom. The number of carbonyl (C=O) groups is 1. The van der Waals surface area contributed by atoms with E-state index in [1.54, 1.807) is 0 Å². The molecule has 1 heterocycles. The fourth-order valence-electron chi connectivity index (χ4n) is 2.72. The van der Waals surface area contributed by atoms with Gasteiger partial charge in [0.1, 0.15) is 0 Å². The fourth-order valence-corrected chi connectivity index (χ4v) is 2.72. The molecule has 0 radical (unpaired) electrons. The van der Waals surface area contributed by atoms with Gasteiger partial charge in [0.05, 0.1) is 12.0 Å². The molecule has 2 rings (SSSR count). The lowest BCUT2D eigenvalue weighted by molar-refractivity contribution is -0.138. The van der Waals surface area contributed by atoms with E-state index < -0.39 is 17.7 Å². The molecule has 128 valence electrons. The zero-order valence-corrected chi connectivity index (χ0v) is 12.9. The van der Waals surface area contributed by atoms with Crippen molar-refractivity contribution in [2.75, 3.05) is 32.7 Å². The van der Waals surface area contributed by atoms with Gasteiger partial charge in [-0.25, -0.2) is 0 Å². The Balaban J connectivity index is 1.85. The number of rotatable bonds is 5. The number of hydrogen-bond donors (Lipinski definition) is 1. The van der Waals surface area contributed by atoms with Crippen LogP contribution in [0.4, 0.5) is 13.2 Å². The summed E-state index contributed by atoms with van der Waals surface area (Å²) in [7, 11) is 0. The van der Waals surface area contributed by atoms with Crippen molar-refractivity contribution in [2.45, 2.75) is 25.6 Å². The van der Waals surface area contributed by atoms with Crippen molar-refractivity contribution in [2.24, 2.45) is 0 Å². The minimum absolute atomic E-state index is 0.138. The summed E-state index contributed by atoms with van der Waals surface area (Å²) in [6.45, 7) is 4.46. The van der Waals surface area contributed by atoms with Crippen molar-refractivity contribution in [3.05, 3.63) is 35.4 Å². The van der Waals surface area contributed by atoms with Gasteiger partial charge in [-0.3, -0.25) is 9.69 Å². The summed E-state index contributed by atoms with van der Waals surface area (Å²) in [4.78, 5) is 14.9. The third kappa shape index (κ3) is 5.84. The molecule has 1 aliphatic rings. The molecule has 1 aromatic rings. The van der Waals surface area contributed by atoms with Gasteiger partial charge in [-0.05, 0) is 37.2 Å². The lowest BCUT2D eigenvalue weighted by atomic mass is 10.1. The topological polar surface area (TPSA) is 43.8 Å². The van der Waals surface area contributed by atoms with Gasteiger partial charge in [-0.15, -0.1) is 0 Å². The van der Waals surface area contributed by atoms with Gasteiger partial charge < -0.3 is 10.0 Å². The van der Waals surface area contributed by atoms with E-state index in [0.29, 0.717) is 13.1 Å². The van der Waals surface area contributed by atoms with E-state index in [4.69, 9.17) is 5.11 Å². The Labute approximate surface area is 133 Å². The first-order chi connectivity index (χ1) is 10.8. The van der Waals surface area contributed by atoms with E-state index in [2.05, 4.69) is 9.80 Å². The molecular formula is C16H21F3N2O2. The molecule has 0 amide bonds. The number of aliphatic carboxylic acids is 1. The second-order valence-electron chi connectivity index (χ2n) is 5.81. The van der Waals surface area contributed by atoms with Crippen LogP contribution >= 0.6 is 0 Å². The van der Waals surface area contributed by atoms with Crippen molar-refractivity contribution in [1.29, 1.82) is 0 Å². The average molecular weight is 330 g/mol. The number of carboxylic acids is 1. The summed E-state index contributed by atoms with van der Waals surface area (Å²) in [5, 5.41) is 8.72. The minimum Gasteiger partial charge on any atom is -0.481 e. The molecule has 1 saturated heterocycles. The summed E-state index contributed by atoms with van der Waals surface area (Å²) in [6, 6.07) is 5.28. The Bertz CT molecular complexity index is 517. The third-order valence-electron chi connectivity index (χ3n) is 4.01. The number of hydrogen-bond acceptors (Lipinski definition) is 3. The number of halogens is 3. The van der Waals surface area contributed by atoms with Gasteiger partial charge in [-0.1, -0.05) is 12.1 Å². The van der Waals surface area contributed by atoms with Gasteiger partial charge in [-0.2, -0.15) is 13.2 Å². The summed E-state index contributed by atoms with van der Waals surface area (Å²) < 4.78 is 37.6. The van der Waals surface area contributed by atoms with Crippen LogP contribution in [0, 0.1) is 0 Å². The molecule has 1 fully saturated rings. The Kier molecular flexibility index (Phi) is 6.01. The predicted molar refractivity (Wildman–Crippen MR) is 80.0 cm³/mol. The zero-order chi connectivity index (χ0) is 16.9. The standard InChI is InChI=1S/C16H21F3N2O2/c17-16(18,19)14-4-2-13(3-5-14)12-21-8-1-7-20(10-11-21)9-6-15(22)23/h2-5H,1,6-12H2,(H,22,23). The normalized spacial score (nSPS) is 17.9. The van der Waals surface area contributed by atoms with Crippen LogP contribution in [0.5, 0.6) is 0 Å². The molecule has 0 aromatic heterocycles. The highest BCUT2D eigenvalue weighted by Gasteiger charge is 2.30. The number of carboxylic acid groups (broad SMARTS) is 1. The molecule has 0 saturated carbocycles. The van der Waals surface area contributed by atoms with Gasteiger partial charge in [0, 0.05) is 26.2 Å². The average Bonchev–Trinajstić information content (AvgIpc) is 2.70. The Hall–Kier alpha value is -1.60. The quantitative estimate of drug-likeness (QED) is 0.901. The molecule has 0 spiro atoms. The van der Waals surface area contributed by atoms with Crippen LogP contribution in [-0.4, -0.2) is 53.6 Å². The third-order valence-corrected chi connectivity index (χ3v) is 4.01. The van der Waals surface area contributed by atoms with Crippen LogP contribution in [0.25, 0.3) is 0 Å². The maximum Gasteiger partial charge on any atom is 0.416 e. The molecule has 0 aliphatic carbocycles. The summed E-state index contributed by atoms with van der Waals surface area (Å²) in [6.07, 6.45) is -3.23. The van der Waals surface area contributed by atoms with E-state index in [1.807, 2.05) is 0 Å². The first kappa shape index (κ1) is 17.7. The second-order valence-corrected chi connectivity index (χ2v) is 5.81. The van der Waals surface area contributed by atoms with Crippen LogP contribution < -0.4 is 0 Å². The van der Waals surface area contributed by atoms with Crippen LogP contribution in [-0.2, 0) is 17.5 Å². The number of nitrogens with zero attached hydrogens (tertiary/aromatic N) is 2. The van der Waals surface area contributed by atoms with Crippen LogP contribution in [0.1, 0.15) is 24.0 Å². The van der Waals surface area contributed by atoms with Crippen molar-refractivity contribution in [3.8, 4) is 0 Å². The molecule has 1 N–H and O–H groups in total. The van der Waals surface area contributed by atoms with Crippen molar-refractivity contribution >= 4 is 5.97 Å². The fraction of sp³-hybridized carbons (Fsp3) is 0.562. The molecule has 0 unspecified atom stereocenters. The smallest absolute Gasteiger partial charge is 0.416 e. The highest BCUT2D eigenvalue weighted by atomic mass is 19.4. The maximum absolute atomic E-state index is 12.5. The summed E-state index contributed by atoms with van der Waals surface area (Å²) in [5.41, 5.74) is 0.231. The van der Waals surface area contributed by atoms with Gasteiger partial charge >= 0.3 is 12.1 Å². The van der Waals surface area contributed by atoms with Gasteiger partial charge in [0.15, 0.2) is 0 Å². The van der Waals surface area contributed by atoms with E-state index in [0.717, 1.165) is 50.3 Å². The minimum atomic E-state index is -4.30. The summed E-state index contributed by atoms with van der Waals surface area (Å²) in [5.74, 6) is -0.796. The largest absolute Gasteiger partial charge is 0.481 e. The van der Waals surface area contributed by atoms with Crippen LogP contribution in [0.3, 0.4) is 0 Å². The molecule has 0 atom stereocenters. The molecule has 1 aliphatic heterocycles. The predicted octanol–water partition coefficient (Wildman–Crippen LogP) is 2.69. The summed E-state index contributed by atoms with van der Waals surface area (Å²) >= 11 is 0. The van der Waals surface area contributed by atoms with Gasteiger partial charge in [0.25, 0.3) is 0 Å². The van der Waals surface area contributed by atoms with E-state index in [9.17, 15) is 18.0 Å². The molecular weight excluding hydrogens is 309 g/mol. The number of alkyl halides is 3. The van der Waals surface area contributed by atoms with Crippen molar-refractivity contribution in [3.63, 3.8) is 0 Å². The molecule has 1 aromatic carbocycles. The Morgan fingerprint density at radius 1 is 1.04 bits per heavy atom. The molecule has 23 heavy (non-hydrogen) atoms. The van der Waals surface area contributed by atoms with Gasteiger partial charge in [0.2, 0.25) is 0 Å². The molecule has 0 bridgehead atoms. The highest BCUT2D eigenvalue weighted by molar-refractivity contribution is 5.66. The molecule has 4 nitrogen and oxygen atoms in total. The van der Waals surface area contributed by atoms with E-state index in [1.165, 1.54) is 12.1 Å². The molecule has 7 heteroatoms. The van der Waals surface area contributed by atoms with Crippen LogP contribution in [0.15, 0.2) is 24.3 Å². The van der Waals surface area contributed by atoms with E-state index >= 15 is 0 Å². The monoisotopic (exact) mass is 330 g/mol. The highest BCUT2D eigenvalue weighted by Crippen LogP contribution is 2.29. The number of benzene rings is 1. The first-order valence-corrected chi connectivity index (χ1v) is 7.67.